The van der Waals surface area contributed by atoms with E-state index >= 15 is 0 Å². The Labute approximate surface area is 108 Å². The molecule has 18 heavy (non-hydrogen) atoms. The fourth-order valence-corrected chi connectivity index (χ4v) is 2.44. The number of benzene rings is 1. The molecule has 2 N–H and O–H groups in total. The summed E-state index contributed by atoms with van der Waals surface area (Å²) in [4.78, 5) is 13.9. The molecule has 1 unspecified atom stereocenters. The van der Waals surface area contributed by atoms with E-state index in [9.17, 15) is 4.79 Å². The maximum atomic E-state index is 12.0. The maximum absolute atomic E-state index is 12.0. The Kier molecular flexibility index (Phi) is 4.20. The third-order valence-corrected chi connectivity index (χ3v) is 3.38. The van der Waals surface area contributed by atoms with Crippen molar-refractivity contribution in [2.24, 2.45) is 5.92 Å². The van der Waals surface area contributed by atoms with Gasteiger partial charge >= 0.3 is 6.03 Å². The summed E-state index contributed by atoms with van der Waals surface area (Å²) in [5.41, 5.74) is 2.26. The molecule has 1 aromatic carbocycles. The number of para-hydroxylation sites is 1. The average molecular weight is 247 g/mol. The summed E-state index contributed by atoms with van der Waals surface area (Å²) in [5, 5.41) is 6.14. The van der Waals surface area contributed by atoms with E-state index in [1.807, 2.05) is 30.1 Å². The molecule has 1 aliphatic rings. The largest absolute Gasteiger partial charge is 0.337 e. The molecular formula is C14H21N3O. The number of carbonyl (C=O) groups excluding carboxylic acids is 1. The number of amides is 2. The van der Waals surface area contributed by atoms with Crippen LogP contribution in [0.3, 0.4) is 0 Å². The predicted octanol–water partition coefficient (Wildman–Crippen LogP) is 1.61. The van der Waals surface area contributed by atoms with E-state index in [1.165, 1.54) is 5.56 Å². The number of carbonyl (C=O) groups is 1. The molecule has 98 valence electrons. The lowest BCUT2D eigenvalue weighted by atomic mass is 10.0. The molecule has 1 aromatic rings. The smallest absolute Gasteiger partial charge is 0.321 e. The predicted molar refractivity (Wildman–Crippen MR) is 74.0 cm³/mol. The number of nitrogens with one attached hydrogen (secondary N) is 2. The molecule has 2 rings (SSSR count). The van der Waals surface area contributed by atoms with Crippen molar-refractivity contribution in [2.45, 2.75) is 13.3 Å². The number of nitrogens with zero attached hydrogens (tertiary/aromatic N) is 1. The highest BCUT2D eigenvalue weighted by molar-refractivity contribution is 5.93. The highest BCUT2D eigenvalue weighted by Crippen LogP contribution is 2.23. The molecule has 1 atom stereocenters. The van der Waals surface area contributed by atoms with Gasteiger partial charge in [-0.05, 0) is 25.1 Å². The summed E-state index contributed by atoms with van der Waals surface area (Å²) in [6.07, 6.45) is 0.941. The van der Waals surface area contributed by atoms with E-state index in [-0.39, 0.29) is 6.03 Å². The van der Waals surface area contributed by atoms with Crippen molar-refractivity contribution in [1.82, 2.24) is 10.6 Å². The lowest BCUT2D eigenvalue weighted by Crippen LogP contribution is -2.53. The van der Waals surface area contributed by atoms with Gasteiger partial charge in [0, 0.05) is 31.2 Å². The van der Waals surface area contributed by atoms with Crippen molar-refractivity contribution in [3.05, 3.63) is 29.8 Å². The topological polar surface area (TPSA) is 44.4 Å². The van der Waals surface area contributed by atoms with Crippen molar-refractivity contribution in [1.29, 1.82) is 0 Å². The fourth-order valence-electron chi connectivity index (χ4n) is 2.44. The highest BCUT2D eigenvalue weighted by atomic mass is 16.2. The van der Waals surface area contributed by atoms with Crippen molar-refractivity contribution < 1.29 is 4.79 Å². The van der Waals surface area contributed by atoms with Crippen LogP contribution in [0.2, 0.25) is 0 Å². The number of hydrogen-bond donors (Lipinski definition) is 2. The van der Waals surface area contributed by atoms with Crippen LogP contribution < -0.4 is 15.5 Å². The zero-order chi connectivity index (χ0) is 13.0. The molecule has 1 saturated heterocycles. The first-order valence-corrected chi connectivity index (χ1v) is 6.54. The Balaban J connectivity index is 2.21. The van der Waals surface area contributed by atoms with E-state index in [1.54, 1.807) is 0 Å². The van der Waals surface area contributed by atoms with Crippen LogP contribution in [0.1, 0.15) is 12.5 Å². The normalized spacial score (nSPS) is 19.8. The number of urea groups is 1. The van der Waals surface area contributed by atoms with Gasteiger partial charge in [0.2, 0.25) is 0 Å². The highest BCUT2D eigenvalue weighted by Gasteiger charge is 2.26. The summed E-state index contributed by atoms with van der Waals surface area (Å²) in [5.74, 6) is 0.456. The minimum atomic E-state index is 0.0169. The molecule has 4 heteroatoms. The second kappa shape index (κ2) is 5.87. The lowest BCUT2D eigenvalue weighted by molar-refractivity contribution is 0.236. The monoisotopic (exact) mass is 247 g/mol. The molecule has 0 saturated carbocycles. The number of rotatable bonds is 4. The maximum Gasteiger partial charge on any atom is 0.321 e. The fraction of sp³-hybridized carbons (Fsp3) is 0.500. The Hall–Kier alpha value is -1.55. The quantitative estimate of drug-likeness (QED) is 0.849. The second-order valence-corrected chi connectivity index (χ2v) is 4.70. The van der Waals surface area contributed by atoms with Crippen LogP contribution in [-0.2, 0) is 6.42 Å². The first kappa shape index (κ1) is 12.9. The summed E-state index contributed by atoms with van der Waals surface area (Å²) >= 11 is 0. The van der Waals surface area contributed by atoms with Crippen molar-refractivity contribution in [3.63, 3.8) is 0 Å². The summed E-state index contributed by atoms with van der Waals surface area (Å²) in [6.45, 7) is 4.57. The van der Waals surface area contributed by atoms with Crippen LogP contribution in [0.25, 0.3) is 0 Å². The van der Waals surface area contributed by atoms with E-state index in [0.29, 0.717) is 5.92 Å². The molecular weight excluding hydrogens is 226 g/mol. The minimum Gasteiger partial charge on any atom is -0.337 e. The van der Waals surface area contributed by atoms with Crippen LogP contribution in [-0.4, -0.2) is 32.7 Å². The number of anilines is 1. The molecule has 2 amide bonds. The Bertz CT molecular complexity index is 419. The molecule has 1 fully saturated rings. The van der Waals surface area contributed by atoms with Gasteiger partial charge in [0.25, 0.3) is 0 Å². The van der Waals surface area contributed by atoms with Crippen molar-refractivity contribution in [3.8, 4) is 0 Å². The summed E-state index contributed by atoms with van der Waals surface area (Å²) < 4.78 is 0. The number of hydrogen-bond acceptors (Lipinski definition) is 2. The zero-order valence-electron chi connectivity index (χ0n) is 11.1. The van der Waals surface area contributed by atoms with Gasteiger partial charge in [-0.2, -0.15) is 0 Å². The molecule has 0 radical (unpaired) electrons. The van der Waals surface area contributed by atoms with Crippen LogP contribution in [0, 0.1) is 5.92 Å². The Morgan fingerprint density at radius 1 is 1.44 bits per heavy atom. The number of aryl methyl sites for hydroxylation is 1. The second-order valence-electron chi connectivity index (χ2n) is 4.70. The Morgan fingerprint density at radius 3 is 2.94 bits per heavy atom. The zero-order valence-corrected chi connectivity index (χ0v) is 11.1. The van der Waals surface area contributed by atoms with Gasteiger partial charge in [0.05, 0.1) is 0 Å². The molecule has 4 nitrogen and oxygen atoms in total. The standard InChI is InChI=1S/C14H21N3O/c1-3-12-6-4-5-7-13(12)17-10-11(8-15-2)9-16-14(17)18/h4-7,11,15H,3,8-10H2,1-2H3,(H,16,18). The van der Waals surface area contributed by atoms with E-state index in [4.69, 9.17) is 0 Å². The van der Waals surface area contributed by atoms with Gasteiger partial charge in [-0.1, -0.05) is 25.1 Å². The van der Waals surface area contributed by atoms with Gasteiger partial charge in [-0.3, -0.25) is 4.90 Å². The SMILES string of the molecule is CCc1ccccc1N1CC(CNC)CNC1=O. The molecule has 0 aliphatic carbocycles. The van der Waals surface area contributed by atoms with Gasteiger partial charge in [0.15, 0.2) is 0 Å². The van der Waals surface area contributed by atoms with Crippen LogP contribution in [0.5, 0.6) is 0 Å². The van der Waals surface area contributed by atoms with Crippen LogP contribution in [0.4, 0.5) is 10.5 Å². The summed E-state index contributed by atoms with van der Waals surface area (Å²) in [7, 11) is 1.95. The third kappa shape index (κ3) is 2.64. The molecule has 1 heterocycles. The average Bonchev–Trinajstić information content (AvgIpc) is 2.41. The van der Waals surface area contributed by atoms with Crippen molar-refractivity contribution >= 4 is 11.7 Å². The summed E-state index contributed by atoms with van der Waals surface area (Å²) in [6, 6.07) is 8.15. The first-order chi connectivity index (χ1) is 8.76. The molecule has 1 aliphatic heterocycles. The van der Waals surface area contributed by atoms with Gasteiger partial charge < -0.3 is 10.6 Å². The minimum absolute atomic E-state index is 0.0169. The van der Waals surface area contributed by atoms with E-state index in [2.05, 4.69) is 23.6 Å². The first-order valence-electron chi connectivity index (χ1n) is 6.54. The third-order valence-electron chi connectivity index (χ3n) is 3.38. The molecule has 0 bridgehead atoms. The van der Waals surface area contributed by atoms with Crippen LogP contribution >= 0.6 is 0 Å². The molecule has 0 spiro atoms. The van der Waals surface area contributed by atoms with E-state index < -0.39 is 0 Å². The van der Waals surface area contributed by atoms with Crippen molar-refractivity contribution in [2.75, 3.05) is 31.6 Å². The Morgan fingerprint density at radius 2 is 2.22 bits per heavy atom. The van der Waals surface area contributed by atoms with E-state index in [0.717, 1.165) is 31.7 Å². The van der Waals surface area contributed by atoms with Crippen LogP contribution in [0.15, 0.2) is 24.3 Å². The van der Waals surface area contributed by atoms with Gasteiger partial charge in [-0.25, -0.2) is 4.79 Å². The van der Waals surface area contributed by atoms with Gasteiger partial charge in [0.1, 0.15) is 0 Å². The molecule has 0 aromatic heterocycles. The lowest BCUT2D eigenvalue weighted by Gasteiger charge is -2.34. The van der Waals surface area contributed by atoms with Gasteiger partial charge in [-0.15, -0.1) is 0 Å².